The van der Waals surface area contributed by atoms with E-state index in [0.717, 1.165) is 31.6 Å². The first-order chi connectivity index (χ1) is 11.9. The van der Waals surface area contributed by atoms with Crippen LogP contribution in [0.4, 0.5) is 0 Å². The maximum atomic E-state index is 12.2. The SMILES string of the molecule is CCCCn1c(SCC(=O)[C@H](C#N)C(C)=N)nnc1[C@@H](CC)N(C)C. The number of unbranched alkanes of at least 4 members (excludes halogenated alkanes) is 1. The summed E-state index contributed by atoms with van der Waals surface area (Å²) in [4.78, 5) is 14.3. The van der Waals surface area contributed by atoms with Gasteiger partial charge in [0.25, 0.3) is 0 Å². The Hall–Kier alpha value is -1.72. The van der Waals surface area contributed by atoms with Crippen LogP contribution in [0.1, 0.15) is 51.9 Å². The molecule has 0 aromatic carbocycles. The maximum Gasteiger partial charge on any atom is 0.191 e. The van der Waals surface area contributed by atoms with Crippen LogP contribution in [0, 0.1) is 22.7 Å². The van der Waals surface area contributed by atoms with E-state index in [1.54, 1.807) is 0 Å². The zero-order valence-corrected chi connectivity index (χ0v) is 16.6. The molecule has 0 unspecified atom stereocenters. The molecule has 0 saturated heterocycles. The highest BCUT2D eigenvalue weighted by Crippen LogP contribution is 2.26. The van der Waals surface area contributed by atoms with E-state index in [2.05, 4.69) is 33.5 Å². The number of Topliss-reactive ketones (excluding diaryl/α,β-unsaturated/α-hetero) is 1. The van der Waals surface area contributed by atoms with Gasteiger partial charge >= 0.3 is 0 Å². The van der Waals surface area contributed by atoms with Crippen molar-refractivity contribution in [3.05, 3.63) is 5.82 Å². The molecule has 1 N–H and O–H groups in total. The first-order valence-corrected chi connectivity index (χ1v) is 9.55. The topological polar surface area (TPSA) is 98.7 Å². The van der Waals surface area contributed by atoms with Crippen LogP contribution in [0.5, 0.6) is 0 Å². The third kappa shape index (κ3) is 5.65. The average molecular weight is 365 g/mol. The summed E-state index contributed by atoms with van der Waals surface area (Å²) in [5.41, 5.74) is 0.0832. The van der Waals surface area contributed by atoms with Crippen molar-refractivity contribution in [1.29, 1.82) is 10.7 Å². The molecule has 0 amide bonds. The normalized spacial score (nSPS) is 13.5. The van der Waals surface area contributed by atoms with Crippen molar-refractivity contribution in [2.75, 3.05) is 19.8 Å². The van der Waals surface area contributed by atoms with Crippen molar-refractivity contribution in [2.45, 2.75) is 57.8 Å². The van der Waals surface area contributed by atoms with Crippen LogP contribution in [0.15, 0.2) is 5.16 Å². The molecular weight excluding hydrogens is 336 g/mol. The summed E-state index contributed by atoms with van der Waals surface area (Å²) in [7, 11) is 4.04. The van der Waals surface area contributed by atoms with E-state index < -0.39 is 5.92 Å². The van der Waals surface area contributed by atoms with Crippen molar-refractivity contribution < 1.29 is 4.79 Å². The van der Waals surface area contributed by atoms with Gasteiger partial charge in [0.1, 0.15) is 5.92 Å². The number of rotatable bonds is 11. The summed E-state index contributed by atoms with van der Waals surface area (Å²) in [6, 6.07) is 2.07. The van der Waals surface area contributed by atoms with E-state index in [-0.39, 0.29) is 23.3 Å². The lowest BCUT2D eigenvalue weighted by Crippen LogP contribution is -2.24. The number of nitrogens with zero attached hydrogens (tertiary/aromatic N) is 5. The fourth-order valence-electron chi connectivity index (χ4n) is 2.59. The van der Waals surface area contributed by atoms with Gasteiger partial charge in [-0.3, -0.25) is 9.69 Å². The second-order valence-electron chi connectivity index (χ2n) is 6.23. The first-order valence-electron chi connectivity index (χ1n) is 8.56. The Kier molecular flexibility index (Phi) is 8.79. The van der Waals surface area contributed by atoms with Crippen molar-refractivity contribution in [2.24, 2.45) is 5.92 Å². The molecule has 25 heavy (non-hydrogen) atoms. The zero-order valence-electron chi connectivity index (χ0n) is 15.7. The molecule has 0 radical (unpaired) electrons. The highest BCUT2D eigenvalue weighted by molar-refractivity contribution is 7.99. The van der Waals surface area contributed by atoms with Gasteiger partial charge in [-0.2, -0.15) is 5.26 Å². The molecule has 0 aliphatic carbocycles. The molecule has 0 bridgehead atoms. The van der Waals surface area contributed by atoms with E-state index in [1.807, 2.05) is 20.2 Å². The molecule has 0 spiro atoms. The number of thioether (sulfide) groups is 1. The van der Waals surface area contributed by atoms with Gasteiger partial charge in [0.05, 0.1) is 17.9 Å². The fraction of sp³-hybridized carbons (Fsp3) is 0.706. The van der Waals surface area contributed by atoms with E-state index >= 15 is 0 Å². The van der Waals surface area contributed by atoms with Crippen LogP contribution in [0.3, 0.4) is 0 Å². The average Bonchev–Trinajstić information content (AvgIpc) is 2.94. The van der Waals surface area contributed by atoms with Crippen molar-refractivity contribution in [1.82, 2.24) is 19.7 Å². The minimum atomic E-state index is -0.968. The molecule has 0 fully saturated rings. The monoisotopic (exact) mass is 364 g/mol. The molecule has 2 atom stereocenters. The highest BCUT2D eigenvalue weighted by Gasteiger charge is 2.24. The van der Waals surface area contributed by atoms with Crippen LogP contribution >= 0.6 is 11.8 Å². The van der Waals surface area contributed by atoms with Gasteiger partial charge in [-0.1, -0.05) is 32.0 Å². The van der Waals surface area contributed by atoms with Crippen LogP contribution in [-0.2, 0) is 11.3 Å². The molecule has 8 heteroatoms. The first kappa shape index (κ1) is 21.3. The summed E-state index contributed by atoms with van der Waals surface area (Å²) in [5, 5.41) is 25.9. The molecule has 1 aromatic rings. The van der Waals surface area contributed by atoms with E-state index in [4.69, 9.17) is 10.7 Å². The third-order valence-electron chi connectivity index (χ3n) is 4.02. The number of nitriles is 1. The lowest BCUT2D eigenvalue weighted by atomic mass is 10.0. The molecule has 1 rings (SSSR count). The fourth-order valence-corrected chi connectivity index (χ4v) is 3.46. The second-order valence-corrected chi connectivity index (χ2v) is 7.18. The largest absolute Gasteiger partial charge is 0.308 e. The summed E-state index contributed by atoms with van der Waals surface area (Å²) in [5.74, 6) is -0.191. The smallest absolute Gasteiger partial charge is 0.191 e. The van der Waals surface area contributed by atoms with Gasteiger partial charge < -0.3 is 9.98 Å². The third-order valence-corrected chi connectivity index (χ3v) is 5.01. The Morgan fingerprint density at radius 1 is 1.40 bits per heavy atom. The summed E-state index contributed by atoms with van der Waals surface area (Å²) in [6.45, 7) is 6.55. The molecule has 0 saturated carbocycles. The number of ketones is 1. The Labute approximate surface area is 154 Å². The Bertz CT molecular complexity index is 634. The lowest BCUT2D eigenvalue weighted by Gasteiger charge is -2.23. The van der Waals surface area contributed by atoms with Crippen LogP contribution < -0.4 is 0 Å². The van der Waals surface area contributed by atoms with E-state index in [0.29, 0.717) is 5.16 Å². The summed E-state index contributed by atoms with van der Waals surface area (Å²) in [6.07, 6.45) is 2.99. The molecule has 1 heterocycles. The molecule has 0 aliphatic heterocycles. The summed E-state index contributed by atoms with van der Waals surface area (Å²) >= 11 is 1.30. The van der Waals surface area contributed by atoms with E-state index in [9.17, 15) is 4.79 Å². The highest BCUT2D eigenvalue weighted by atomic mass is 32.2. The van der Waals surface area contributed by atoms with Crippen LogP contribution in [0.2, 0.25) is 0 Å². The van der Waals surface area contributed by atoms with Gasteiger partial charge in [-0.25, -0.2) is 0 Å². The van der Waals surface area contributed by atoms with E-state index in [1.165, 1.54) is 18.7 Å². The van der Waals surface area contributed by atoms with Gasteiger partial charge in [0, 0.05) is 12.3 Å². The zero-order chi connectivity index (χ0) is 19.0. The summed E-state index contributed by atoms with van der Waals surface area (Å²) < 4.78 is 2.09. The molecule has 0 aliphatic rings. The number of carbonyl (C=O) groups is 1. The van der Waals surface area contributed by atoms with Crippen molar-refractivity contribution in [3.8, 4) is 6.07 Å². The molecule has 7 nitrogen and oxygen atoms in total. The van der Waals surface area contributed by atoms with Gasteiger partial charge in [0.15, 0.2) is 16.8 Å². The molecular formula is C17H28N6OS. The molecule has 138 valence electrons. The van der Waals surface area contributed by atoms with Crippen LogP contribution in [0.25, 0.3) is 0 Å². The number of nitrogens with one attached hydrogen (secondary N) is 1. The number of aromatic nitrogens is 3. The van der Waals surface area contributed by atoms with Crippen molar-refractivity contribution >= 4 is 23.3 Å². The van der Waals surface area contributed by atoms with Gasteiger partial charge in [-0.15, -0.1) is 10.2 Å². The maximum absolute atomic E-state index is 12.2. The van der Waals surface area contributed by atoms with Crippen LogP contribution in [-0.4, -0.2) is 51.0 Å². The number of hydrogen-bond donors (Lipinski definition) is 1. The second kappa shape index (κ2) is 10.3. The number of carbonyl (C=O) groups excluding carboxylic acids is 1. The predicted octanol–water partition coefficient (Wildman–Crippen LogP) is 2.93. The Morgan fingerprint density at radius 3 is 2.56 bits per heavy atom. The molecule has 1 aromatic heterocycles. The lowest BCUT2D eigenvalue weighted by molar-refractivity contribution is -0.117. The van der Waals surface area contributed by atoms with Gasteiger partial charge in [0.2, 0.25) is 0 Å². The predicted molar refractivity (Wildman–Crippen MR) is 99.9 cm³/mol. The Morgan fingerprint density at radius 2 is 2.08 bits per heavy atom. The minimum absolute atomic E-state index is 0.0832. The Balaban J connectivity index is 2.99. The standard InChI is InChI=1S/C17H28N6OS/c1-6-8-9-23-16(14(7-2)22(4)5)20-21-17(23)25-11-15(24)13(10-18)12(3)19/h13-14,19H,6-9,11H2,1-5H3/t13-,14-/m1/s1. The van der Waals surface area contributed by atoms with Crippen molar-refractivity contribution in [3.63, 3.8) is 0 Å². The minimum Gasteiger partial charge on any atom is -0.308 e. The van der Waals surface area contributed by atoms with Gasteiger partial charge in [-0.05, 0) is 33.9 Å². The quantitative estimate of drug-likeness (QED) is 0.479. The number of hydrogen-bond acceptors (Lipinski definition) is 7.